The highest BCUT2D eigenvalue weighted by Crippen LogP contribution is 2.43. The zero-order valence-electron chi connectivity index (χ0n) is 24.7. The Morgan fingerprint density at radius 2 is 1.68 bits per heavy atom. The van der Waals surface area contributed by atoms with E-state index >= 15 is 0 Å². The fraction of sp³-hybridized carbons (Fsp3) is 0.257. The van der Waals surface area contributed by atoms with Crippen LogP contribution in [0.4, 0.5) is 0 Å². The van der Waals surface area contributed by atoms with Crippen molar-refractivity contribution in [3.8, 4) is 17.2 Å². The van der Waals surface area contributed by atoms with Crippen LogP contribution in [0.1, 0.15) is 34.8 Å². The molecule has 8 nitrogen and oxygen atoms in total. The number of amides is 1. The molecule has 0 unspecified atom stereocenters. The molecular formula is C35H35BrN2O6. The van der Waals surface area contributed by atoms with Gasteiger partial charge in [-0.15, -0.1) is 0 Å². The predicted octanol–water partition coefficient (Wildman–Crippen LogP) is 6.04. The van der Waals surface area contributed by atoms with E-state index in [-0.39, 0.29) is 25.5 Å². The van der Waals surface area contributed by atoms with Gasteiger partial charge in [-0.2, -0.15) is 0 Å². The van der Waals surface area contributed by atoms with Gasteiger partial charge in [0.15, 0.2) is 23.1 Å². The highest BCUT2D eigenvalue weighted by Gasteiger charge is 2.53. The summed E-state index contributed by atoms with van der Waals surface area (Å²) in [5, 5.41) is 12.2. The molecular weight excluding hydrogens is 624 g/mol. The van der Waals surface area contributed by atoms with Gasteiger partial charge in [0, 0.05) is 36.0 Å². The summed E-state index contributed by atoms with van der Waals surface area (Å²) in [5.74, 6) is 1.97. The van der Waals surface area contributed by atoms with E-state index in [1.165, 1.54) is 0 Å². The lowest BCUT2D eigenvalue weighted by Crippen LogP contribution is -2.49. The van der Waals surface area contributed by atoms with Crippen LogP contribution in [0.3, 0.4) is 0 Å². The van der Waals surface area contributed by atoms with Gasteiger partial charge in [0.25, 0.3) is 5.91 Å². The van der Waals surface area contributed by atoms with E-state index in [1.54, 1.807) is 14.2 Å². The van der Waals surface area contributed by atoms with Gasteiger partial charge in [-0.25, -0.2) is 4.99 Å². The van der Waals surface area contributed by atoms with E-state index in [9.17, 15) is 4.79 Å². The lowest BCUT2D eigenvalue weighted by Gasteiger charge is -2.31. The summed E-state index contributed by atoms with van der Waals surface area (Å²) in [7, 11) is 3.17. The summed E-state index contributed by atoms with van der Waals surface area (Å²) in [4.78, 5) is 19.6. The average molecular weight is 660 g/mol. The SMILES string of the molecule is COc1ccc(CNC(=O)[C@]2(Cc3ccccc3Br)N=C(c3ccc(OCCCO)cc3)O[C@@H]2c2ccccc2)cc1OC. The molecule has 1 aliphatic heterocycles. The molecule has 0 aromatic heterocycles. The molecule has 1 aliphatic rings. The van der Waals surface area contributed by atoms with Crippen molar-refractivity contribution in [2.75, 3.05) is 27.4 Å². The largest absolute Gasteiger partial charge is 0.494 e. The number of aliphatic hydroxyl groups excluding tert-OH is 1. The number of carbonyl (C=O) groups excluding carboxylic acids is 1. The van der Waals surface area contributed by atoms with Crippen molar-refractivity contribution < 1.29 is 28.8 Å². The second-order valence-electron chi connectivity index (χ2n) is 10.3. The van der Waals surface area contributed by atoms with Gasteiger partial charge in [0.2, 0.25) is 5.90 Å². The number of methoxy groups -OCH3 is 2. The number of halogens is 1. The Labute approximate surface area is 265 Å². The number of rotatable bonds is 13. The maximum atomic E-state index is 14.5. The van der Waals surface area contributed by atoms with Gasteiger partial charge in [-0.1, -0.05) is 70.5 Å². The molecule has 4 aromatic rings. The summed E-state index contributed by atoms with van der Waals surface area (Å²) in [6.45, 7) is 0.735. The number of benzene rings is 4. The highest BCUT2D eigenvalue weighted by atomic mass is 79.9. The first kappa shape index (κ1) is 31.1. The monoisotopic (exact) mass is 658 g/mol. The van der Waals surface area contributed by atoms with Crippen molar-refractivity contribution in [2.24, 2.45) is 4.99 Å². The number of ether oxygens (including phenoxy) is 4. The van der Waals surface area contributed by atoms with Crippen molar-refractivity contribution in [1.29, 1.82) is 0 Å². The maximum Gasteiger partial charge on any atom is 0.252 e. The Balaban J connectivity index is 1.54. The lowest BCUT2D eigenvalue weighted by atomic mass is 9.82. The zero-order chi connectivity index (χ0) is 30.9. The third-order valence-electron chi connectivity index (χ3n) is 7.45. The van der Waals surface area contributed by atoms with Crippen LogP contribution in [0, 0.1) is 0 Å². The molecule has 228 valence electrons. The van der Waals surface area contributed by atoms with E-state index in [2.05, 4.69) is 21.2 Å². The van der Waals surface area contributed by atoms with Gasteiger partial charge in [-0.3, -0.25) is 4.79 Å². The third kappa shape index (κ3) is 6.90. The van der Waals surface area contributed by atoms with E-state index in [0.29, 0.717) is 36.2 Å². The van der Waals surface area contributed by atoms with Crippen LogP contribution in [-0.2, 0) is 22.5 Å². The quantitative estimate of drug-likeness (QED) is 0.170. The summed E-state index contributed by atoms with van der Waals surface area (Å²) >= 11 is 3.68. The molecule has 1 amide bonds. The standard InChI is InChI=1S/C35H35BrN2O6/c1-41-30-18-13-24(21-31(30)42-2)23-37-34(40)35(22-27-11-6-7-12-29(27)36)32(25-9-4-3-5-10-25)44-33(38-35)26-14-16-28(17-15-26)43-20-8-19-39/h3-7,9-18,21,32,39H,8,19-20,22-23H2,1-2H3,(H,37,40)/t32-,35-/m1/s1. The first-order chi connectivity index (χ1) is 21.5. The van der Waals surface area contributed by atoms with Crippen LogP contribution in [0.5, 0.6) is 17.2 Å². The molecule has 2 N–H and O–H groups in total. The van der Waals surface area contributed by atoms with E-state index < -0.39 is 11.6 Å². The Hall–Kier alpha value is -4.34. The number of hydrogen-bond acceptors (Lipinski definition) is 7. The van der Waals surface area contributed by atoms with E-state index in [4.69, 9.17) is 29.0 Å². The normalized spacial score (nSPS) is 17.4. The molecule has 0 fully saturated rings. The molecule has 0 aliphatic carbocycles. The number of aliphatic imine (C=N–C) groups is 1. The molecule has 9 heteroatoms. The molecule has 0 spiro atoms. The van der Waals surface area contributed by atoms with Crippen molar-refractivity contribution in [2.45, 2.75) is 31.0 Å². The molecule has 0 bridgehead atoms. The molecule has 44 heavy (non-hydrogen) atoms. The van der Waals surface area contributed by atoms with Gasteiger partial charge >= 0.3 is 0 Å². The Bertz CT molecular complexity index is 1590. The average Bonchev–Trinajstić information content (AvgIpc) is 3.45. The van der Waals surface area contributed by atoms with Crippen molar-refractivity contribution in [1.82, 2.24) is 5.32 Å². The first-order valence-electron chi connectivity index (χ1n) is 14.4. The Morgan fingerprint density at radius 3 is 2.39 bits per heavy atom. The minimum absolute atomic E-state index is 0.0668. The Morgan fingerprint density at radius 1 is 0.955 bits per heavy atom. The fourth-order valence-electron chi connectivity index (χ4n) is 5.17. The van der Waals surface area contributed by atoms with Gasteiger partial charge < -0.3 is 29.4 Å². The fourth-order valence-corrected chi connectivity index (χ4v) is 5.59. The first-order valence-corrected chi connectivity index (χ1v) is 15.1. The van der Waals surface area contributed by atoms with Gasteiger partial charge in [0.1, 0.15) is 5.75 Å². The molecule has 0 saturated heterocycles. The molecule has 4 aromatic carbocycles. The second-order valence-corrected chi connectivity index (χ2v) is 11.2. The van der Waals surface area contributed by atoms with Crippen LogP contribution in [-0.4, -0.2) is 49.9 Å². The molecule has 0 saturated carbocycles. The Kier molecular flexibility index (Phi) is 10.2. The third-order valence-corrected chi connectivity index (χ3v) is 8.22. The van der Waals surface area contributed by atoms with Crippen molar-refractivity contribution in [3.63, 3.8) is 0 Å². The lowest BCUT2D eigenvalue weighted by molar-refractivity contribution is -0.129. The van der Waals surface area contributed by atoms with Crippen molar-refractivity contribution >= 4 is 27.7 Å². The van der Waals surface area contributed by atoms with Crippen molar-refractivity contribution in [3.05, 3.63) is 124 Å². The molecule has 1 heterocycles. The van der Waals surface area contributed by atoms with E-state index in [0.717, 1.165) is 26.7 Å². The number of carbonyl (C=O) groups is 1. The number of nitrogens with zero attached hydrogens (tertiary/aromatic N) is 1. The topological polar surface area (TPSA) is 98.6 Å². The minimum Gasteiger partial charge on any atom is -0.494 e. The predicted molar refractivity (Wildman–Crippen MR) is 172 cm³/mol. The van der Waals surface area contributed by atoms with Gasteiger partial charge in [-0.05, 0) is 59.2 Å². The zero-order valence-corrected chi connectivity index (χ0v) is 26.3. The molecule has 5 rings (SSSR count). The van der Waals surface area contributed by atoms with Crippen LogP contribution >= 0.6 is 15.9 Å². The number of nitrogens with one attached hydrogen (secondary N) is 1. The van der Waals surface area contributed by atoms with Crippen LogP contribution in [0.2, 0.25) is 0 Å². The van der Waals surface area contributed by atoms with Crippen LogP contribution in [0.15, 0.2) is 107 Å². The highest BCUT2D eigenvalue weighted by molar-refractivity contribution is 9.10. The molecule has 0 radical (unpaired) electrons. The second kappa shape index (κ2) is 14.4. The molecule has 2 atom stereocenters. The summed E-state index contributed by atoms with van der Waals surface area (Å²) in [6, 6.07) is 30.5. The number of aliphatic hydroxyl groups is 1. The summed E-state index contributed by atoms with van der Waals surface area (Å²) in [6.07, 6.45) is 0.140. The summed E-state index contributed by atoms with van der Waals surface area (Å²) < 4.78 is 24.0. The van der Waals surface area contributed by atoms with Crippen LogP contribution < -0.4 is 19.5 Å². The smallest absolute Gasteiger partial charge is 0.252 e. The maximum absolute atomic E-state index is 14.5. The minimum atomic E-state index is -1.33. The van der Waals surface area contributed by atoms with Gasteiger partial charge in [0.05, 0.1) is 20.8 Å². The van der Waals surface area contributed by atoms with Crippen LogP contribution in [0.25, 0.3) is 0 Å². The summed E-state index contributed by atoms with van der Waals surface area (Å²) in [5.41, 5.74) is 2.01. The number of hydrogen-bond donors (Lipinski definition) is 2. The van der Waals surface area contributed by atoms with E-state index in [1.807, 2.05) is 97.1 Å².